The predicted octanol–water partition coefficient (Wildman–Crippen LogP) is 4.32. The number of hydrogen-bond acceptors (Lipinski definition) is 4. The Hall–Kier alpha value is -2.38. The molecular formula is C26H36N2O4S. The number of nitrogens with one attached hydrogen (secondary N) is 1. The van der Waals surface area contributed by atoms with Gasteiger partial charge >= 0.3 is 0 Å². The topological polar surface area (TPSA) is 75.7 Å². The monoisotopic (exact) mass is 472 g/mol. The van der Waals surface area contributed by atoms with Gasteiger partial charge in [0.05, 0.1) is 11.0 Å². The average Bonchev–Trinajstić information content (AvgIpc) is 2.78. The van der Waals surface area contributed by atoms with Gasteiger partial charge in [-0.2, -0.15) is 4.31 Å². The fourth-order valence-electron chi connectivity index (χ4n) is 4.04. The van der Waals surface area contributed by atoms with E-state index in [2.05, 4.69) is 17.4 Å². The molecule has 1 saturated heterocycles. The van der Waals surface area contributed by atoms with Crippen molar-refractivity contribution < 1.29 is 17.9 Å². The van der Waals surface area contributed by atoms with Crippen LogP contribution in [0.15, 0.2) is 53.4 Å². The predicted molar refractivity (Wildman–Crippen MR) is 131 cm³/mol. The second kappa shape index (κ2) is 11.2. The highest BCUT2D eigenvalue weighted by molar-refractivity contribution is 7.89. The summed E-state index contributed by atoms with van der Waals surface area (Å²) in [7, 11) is -3.51. The summed E-state index contributed by atoms with van der Waals surface area (Å²) < 4.78 is 32.9. The number of benzene rings is 2. The SMILES string of the molecule is Cc1ccc(S(=O)(=O)N2CCC(C(=O)NC(C)CCc3ccc(OC(C)C)cc3)CC2)cc1. The Morgan fingerprint density at radius 3 is 2.21 bits per heavy atom. The zero-order chi connectivity index (χ0) is 24.0. The number of amides is 1. The Balaban J connectivity index is 1.44. The molecule has 2 aromatic carbocycles. The van der Waals surface area contributed by atoms with Gasteiger partial charge in [0, 0.05) is 25.0 Å². The molecule has 0 saturated carbocycles. The van der Waals surface area contributed by atoms with Crippen molar-refractivity contribution in [3.8, 4) is 5.75 Å². The summed E-state index contributed by atoms with van der Waals surface area (Å²) in [6.45, 7) is 8.70. The Kier molecular flexibility index (Phi) is 8.54. The van der Waals surface area contributed by atoms with E-state index >= 15 is 0 Å². The van der Waals surface area contributed by atoms with Gasteiger partial charge in [-0.15, -0.1) is 0 Å². The Morgan fingerprint density at radius 1 is 1.03 bits per heavy atom. The van der Waals surface area contributed by atoms with Crippen LogP contribution >= 0.6 is 0 Å². The van der Waals surface area contributed by atoms with E-state index in [0.717, 1.165) is 24.2 Å². The standard InChI is InChI=1S/C26H36N2O4S/c1-19(2)32-24-11-9-22(10-12-24)8-7-21(4)27-26(29)23-15-17-28(18-16-23)33(30,31)25-13-5-20(3)6-14-25/h5-6,9-14,19,21,23H,7-8,15-18H2,1-4H3,(H,27,29). The lowest BCUT2D eigenvalue weighted by Gasteiger charge is -2.31. The summed E-state index contributed by atoms with van der Waals surface area (Å²) in [4.78, 5) is 13.0. The molecule has 7 heteroatoms. The Labute approximate surface area is 198 Å². The Morgan fingerprint density at radius 2 is 1.64 bits per heavy atom. The van der Waals surface area contributed by atoms with Crippen molar-refractivity contribution in [3.05, 3.63) is 59.7 Å². The smallest absolute Gasteiger partial charge is 0.243 e. The maximum Gasteiger partial charge on any atom is 0.243 e. The van der Waals surface area contributed by atoms with Gasteiger partial charge in [-0.3, -0.25) is 4.79 Å². The molecule has 0 aromatic heterocycles. The third-order valence-electron chi connectivity index (χ3n) is 6.03. The van der Waals surface area contributed by atoms with Crippen molar-refractivity contribution in [1.29, 1.82) is 0 Å². The summed E-state index contributed by atoms with van der Waals surface area (Å²) in [6.07, 6.45) is 2.95. The summed E-state index contributed by atoms with van der Waals surface area (Å²) in [5.41, 5.74) is 2.23. The zero-order valence-corrected chi connectivity index (χ0v) is 20.9. The highest BCUT2D eigenvalue weighted by Crippen LogP contribution is 2.24. The van der Waals surface area contributed by atoms with E-state index in [1.165, 1.54) is 9.87 Å². The van der Waals surface area contributed by atoms with Crippen LogP contribution in [0.3, 0.4) is 0 Å². The molecule has 3 rings (SSSR count). The first-order valence-corrected chi connectivity index (χ1v) is 13.2. The quantitative estimate of drug-likeness (QED) is 0.590. The van der Waals surface area contributed by atoms with Crippen molar-refractivity contribution in [3.63, 3.8) is 0 Å². The molecule has 1 aliphatic heterocycles. The lowest BCUT2D eigenvalue weighted by molar-refractivity contribution is -0.126. The van der Waals surface area contributed by atoms with Gasteiger partial charge in [-0.25, -0.2) is 8.42 Å². The zero-order valence-electron chi connectivity index (χ0n) is 20.1. The van der Waals surface area contributed by atoms with E-state index in [-0.39, 0.29) is 24.0 Å². The van der Waals surface area contributed by atoms with Gasteiger partial charge in [-0.1, -0.05) is 29.8 Å². The van der Waals surface area contributed by atoms with Gasteiger partial charge in [0.1, 0.15) is 5.75 Å². The highest BCUT2D eigenvalue weighted by Gasteiger charge is 2.32. The highest BCUT2D eigenvalue weighted by atomic mass is 32.2. The molecule has 1 amide bonds. The van der Waals surface area contributed by atoms with Crippen LogP contribution in [0.5, 0.6) is 5.75 Å². The van der Waals surface area contributed by atoms with Gasteiger partial charge in [0.25, 0.3) is 0 Å². The molecule has 0 radical (unpaired) electrons. The lowest BCUT2D eigenvalue weighted by atomic mass is 9.96. The first kappa shape index (κ1) is 25.2. The molecule has 33 heavy (non-hydrogen) atoms. The van der Waals surface area contributed by atoms with Gasteiger partial charge < -0.3 is 10.1 Å². The Bertz CT molecular complexity index is 1010. The minimum atomic E-state index is -3.51. The molecule has 1 aliphatic rings. The van der Waals surface area contributed by atoms with Crippen molar-refractivity contribution in [2.45, 2.75) is 70.4 Å². The fourth-order valence-corrected chi connectivity index (χ4v) is 5.51. The second-order valence-electron chi connectivity index (χ2n) is 9.25. The molecule has 1 atom stereocenters. The number of ether oxygens (including phenoxy) is 1. The molecular weight excluding hydrogens is 436 g/mol. The summed E-state index contributed by atoms with van der Waals surface area (Å²) in [6, 6.07) is 15.1. The number of sulfonamides is 1. The molecule has 1 N–H and O–H groups in total. The molecule has 0 bridgehead atoms. The minimum absolute atomic E-state index is 0.0237. The summed E-state index contributed by atoms with van der Waals surface area (Å²) in [5, 5.41) is 3.12. The van der Waals surface area contributed by atoms with E-state index in [0.29, 0.717) is 30.8 Å². The first-order valence-electron chi connectivity index (χ1n) is 11.8. The van der Waals surface area contributed by atoms with E-state index in [1.54, 1.807) is 12.1 Å². The van der Waals surface area contributed by atoms with Gasteiger partial charge in [0.2, 0.25) is 15.9 Å². The molecule has 1 unspecified atom stereocenters. The van der Waals surface area contributed by atoms with E-state index in [4.69, 9.17) is 4.74 Å². The largest absolute Gasteiger partial charge is 0.491 e. The summed E-state index contributed by atoms with van der Waals surface area (Å²) in [5.74, 6) is 0.741. The molecule has 0 aliphatic carbocycles. The van der Waals surface area contributed by atoms with Crippen LogP contribution in [0.25, 0.3) is 0 Å². The van der Waals surface area contributed by atoms with Crippen LogP contribution in [0.2, 0.25) is 0 Å². The van der Waals surface area contributed by atoms with Crippen molar-refractivity contribution in [2.75, 3.05) is 13.1 Å². The average molecular weight is 473 g/mol. The van der Waals surface area contributed by atoms with Crippen LogP contribution in [0, 0.1) is 12.8 Å². The minimum Gasteiger partial charge on any atom is -0.491 e. The molecule has 2 aromatic rings. The third-order valence-corrected chi connectivity index (χ3v) is 7.95. The molecule has 180 valence electrons. The van der Waals surface area contributed by atoms with Crippen molar-refractivity contribution >= 4 is 15.9 Å². The van der Waals surface area contributed by atoms with Gasteiger partial charge in [-0.05, 0) is 83.2 Å². The van der Waals surface area contributed by atoms with Crippen molar-refractivity contribution in [1.82, 2.24) is 9.62 Å². The maximum atomic E-state index is 12.9. The first-order chi connectivity index (χ1) is 15.6. The van der Waals surface area contributed by atoms with Crippen molar-refractivity contribution in [2.24, 2.45) is 5.92 Å². The summed E-state index contributed by atoms with van der Waals surface area (Å²) >= 11 is 0. The van der Waals surface area contributed by atoms with Crippen LogP contribution in [-0.4, -0.2) is 43.9 Å². The number of piperidine rings is 1. The second-order valence-corrected chi connectivity index (χ2v) is 11.2. The molecule has 6 nitrogen and oxygen atoms in total. The van der Waals surface area contributed by atoms with Crippen LogP contribution in [0.4, 0.5) is 0 Å². The fraction of sp³-hybridized carbons (Fsp3) is 0.500. The normalized spacial score (nSPS) is 16.5. The molecule has 1 heterocycles. The van der Waals surface area contributed by atoms with Crippen LogP contribution in [0.1, 0.15) is 51.2 Å². The number of nitrogens with zero attached hydrogens (tertiary/aromatic N) is 1. The number of rotatable bonds is 9. The number of aryl methyl sites for hydroxylation is 2. The lowest BCUT2D eigenvalue weighted by Crippen LogP contribution is -2.44. The van der Waals surface area contributed by atoms with E-state index in [1.807, 2.05) is 52.0 Å². The number of carbonyl (C=O) groups excluding carboxylic acids is 1. The van der Waals surface area contributed by atoms with E-state index < -0.39 is 10.0 Å². The molecule has 1 fully saturated rings. The van der Waals surface area contributed by atoms with Crippen LogP contribution in [-0.2, 0) is 21.2 Å². The third kappa shape index (κ3) is 7.05. The van der Waals surface area contributed by atoms with Gasteiger partial charge in [0.15, 0.2) is 0 Å². The van der Waals surface area contributed by atoms with Crippen LogP contribution < -0.4 is 10.1 Å². The number of hydrogen-bond donors (Lipinski definition) is 1. The molecule has 0 spiro atoms. The maximum absolute atomic E-state index is 12.9. The van der Waals surface area contributed by atoms with E-state index in [9.17, 15) is 13.2 Å². The number of carbonyl (C=O) groups is 1.